The van der Waals surface area contributed by atoms with E-state index in [-0.39, 0.29) is 0 Å². The molecule has 0 aliphatic carbocycles. The van der Waals surface area contributed by atoms with Crippen LogP contribution in [-0.2, 0) is 0 Å². The molecule has 0 saturated heterocycles. The van der Waals surface area contributed by atoms with Crippen molar-refractivity contribution in [3.8, 4) is 11.5 Å². The second-order valence-corrected chi connectivity index (χ2v) is 5.58. The minimum absolute atomic E-state index is 0.366. The van der Waals surface area contributed by atoms with E-state index in [0.717, 1.165) is 17.1 Å². The number of rotatable bonds is 7. The zero-order valence-electron chi connectivity index (χ0n) is 11.7. The maximum Gasteiger partial charge on any atom is 0.122 e. The molecule has 0 spiro atoms. The van der Waals surface area contributed by atoms with Gasteiger partial charge in [-0.2, -0.15) is 0 Å². The minimum Gasteiger partial charge on any atom is -0.490 e. The number of thioether (sulfide) groups is 1. The Morgan fingerprint density at radius 1 is 1.05 bits per heavy atom. The smallest absolute Gasteiger partial charge is 0.122 e. The summed E-state index contributed by atoms with van der Waals surface area (Å²) in [5, 5.41) is 0. The summed E-state index contributed by atoms with van der Waals surface area (Å²) in [6, 6.07) is 15.4. The Kier molecular flexibility index (Phi) is 5.90. The third-order valence-electron chi connectivity index (χ3n) is 2.80. The Morgan fingerprint density at radius 3 is 2.33 bits per heavy atom. The lowest BCUT2D eigenvalue weighted by Crippen LogP contribution is -2.11. The summed E-state index contributed by atoms with van der Waals surface area (Å²) in [6.45, 7) is 0.945. The first kappa shape index (κ1) is 15.7. The van der Waals surface area contributed by atoms with Crippen molar-refractivity contribution >= 4 is 29.0 Å². The summed E-state index contributed by atoms with van der Waals surface area (Å²) in [7, 11) is 0. The van der Waals surface area contributed by atoms with Gasteiger partial charge in [-0.1, -0.05) is 24.4 Å². The molecule has 2 N–H and O–H groups in total. The fourth-order valence-corrected chi connectivity index (χ4v) is 2.27. The van der Waals surface area contributed by atoms with Crippen LogP contribution >= 0.6 is 24.0 Å². The van der Waals surface area contributed by atoms with Gasteiger partial charge in [-0.05, 0) is 42.7 Å². The topological polar surface area (TPSA) is 44.5 Å². The van der Waals surface area contributed by atoms with Gasteiger partial charge in [-0.3, -0.25) is 0 Å². The summed E-state index contributed by atoms with van der Waals surface area (Å²) in [6.07, 6.45) is 2.05. The highest BCUT2D eigenvalue weighted by Gasteiger charge is 2.00. The van der Waals surface area contributed by atoms with Crippen LogP contribution in [0.1, 0.15) is 5.56 Å². The zero-order valence-corrected chi connectivity index (χ0v) is 13.4. The summed E-state index contributed by atoms with van der Waals surface area (Å²) >= 11 is 6.64. The molecule has 0 radical (unpaired) electrons. The van der Waals surface area contributed by atoms with Gasteiger partial charge in [0.15, 0.2) is 0 Å². The third kappa shape index (κ3) is 4.95. The molecule has 21 heavy (non-hydrogen) atoms. The van der Waals surface area contributed by atoms with Crippen LogP contribution in [0.3, 0.4) is 0 Å². The molecule has 0 unspecified atom stereocenters. The third-order valence-corrected chi connectivity index (χ3v) is 3.78. The number of nitrogens with two attached hydrogens (primary N) is 1. The quantitative estimate of drug-likeness (QED) is 0.481. The van der Waals surface area contributed by atoms with Crippen LogP contribution in [0.25, 0.3) is 0 Å². The van der Waals surface area contributed by atoms with Gasteiger partial charge in [0.05, 0.1) is 0 Å². The van der Waals surface area contributed by atoms with Gasteiger partial charge in [0, 0.05) is 10.5 Å². The molecule has 0 aliphatic rings. The van der Waals surface area contributed by atoms with E-state index in [4.69, 9.17) is 27.4 Å². The monoisotopic (exact) mass is 319 g/mol. The maximum absolute atomic E-state index is 5.62. The normalized spacial score (nSPS) is 10.1. The molecule has 0 saturated carbocycles. The molecule has 110 valence electrons. The largest absolute Gasteiger partial charge is 0.490 e. The average molecular weight is 319 g/mol. The minimum atomic E-state index is 0.366. The van der Waals surface area contributed by atoms with Gasteiger partial charge in [0.2, 0.25) is 0 Å². The molecule has 0 amide bonds. The molecule has 3 nitrogen and oxygen atoms in total. The number of benzene rings is 2. The standard InChI is InChI=1S/C16H17NO2S2/c1-21-15-7-5-13(6-8-15)18-9-10-19-14-4-2-3-12(11-14)16(17)20/h2-8,11H,9-10H2,1H3,(H2,17,20). The van der Waals surface area contributed by atoms with E-state index >= 15 is 0 Å². The van der Waals surface area contributed by atoms with Gasteiger partial charge < -0.3 is 15.2 Å². The van der Waals surface area contributed by atoms with Gasteiger partial charge in [0.1, 0.15) is 29.7 Å². The second kappa shape index (κ2) is 7.90. The van der Waals surface area contributed by atoms with E-state index in [9.17, 15) is 0 Å². The molecular weight excluding hydrogens is 302 g/mol. The fraction of sp³-hybridized carbons (Fsp3) is 0.188. The molecular formula is C16H17NO2S2. The number of hydrogen-bond acceptors (Lipinski definition) is 4. The number of thiocarbonyl (C=S) groups is 1. The van der Waals surface area contributed by atoms with Crippen LogP contribution in [-0.4, -0.2) is 24.5 Å². The van der Waals surface area contributed by atoms with E-state index in [2.05, 4.69) is 0 Å². The van der Waals surface area contributed by atoms with Crippen molar-refractivity contribution in [1.29, 1.82) is 0 Å². The lowest BCUT2D eigenvalue weighted by molar-refractivity contribution is 0.217. The number of ether oxygens (including phenoxy) is 2. The average Bonchev–Trinajstić information content (AvgIpc) is 2.52. The molecule has 0 heterocycles. The molecule has 2 rings (SSSR count). The van der Waals surface area contributed by atoms with Crippen LogP contribution in [0.2, 0.25) is 0 Å². The van der Waals surface area contributed by atoms with Crippen molar-refractivity contribution in [2.75, 3.05) is 19.5 Å². The highest BCUT2D eigenvalue weighted by molar-refractivity contribution is 7.98. The van der Waals surface area contributed by atoms with Crippen LogP contribution in [0, 0.1) is 0 Å². The van der Waals surface area contributed by atoms with E-state index in [1.54, 1.807) is 11.8 Å². The molecule has 2 aromatic carbocycles. The first-order chi connectivity index (χ1) is 10.2. The molecule has 0 atom stereocenters. The van der Waals surface area contributed by atoms with Crippen LogP contribution in [0.15, 0.2) is 53.4 Å². The van der Waals surface area contributed by atoms with Crippen molar-refractivity contribution in [3.63, 3.8) is 0 Å². The Hall–Kier alpha value is -1.72. The summed E-state index contributed by atoms with van der Waals surface area (Å²) < 4.78 is 11.2. The summed E-state index contributed by atoms with van der Waals surface area (Å²) in [5.74, 6) is 1.58. The Morgan fingerprint density at radius 2 is 1.71 bits per heavy atom. The maximum atomic E-state index is 5.62. The van der Waals surface area contributed by atoms with Crippen molar-refractivity contribution in [1.82, 2.24) is 0 Å². The van der Waals surface area contributed by atoms with E-state index in [1.165, 1.54) is 4.90 Å². The fourth-order valence-electron chi connectivity index (χ4n) is 1.73. The van der Waals surface area contributed by atoms with Gasteiger partial charge in [-0.15, -0.1) is 11.8 Å². The summed E-state index contributed by atoms with van der Waals surface area (Å²) in [4.78, 5) is 1.58. The first-order valence-electron chi connectivity index (χ1n) is 6.48. The van der Waals surface area contributed by atoms with Gasteiger partial charge in [-0.25, -0.2) is 0 Å². The molecule has 0 bridgehead atoms. The highest BCUT2D eigenvalue weighted by Crippen LogP contribution is 2.19. The highest BCUT2D eigenvalue weighted by atomic mass is 32.2. The molecule has 0 aliphatic heterocycles. The van der Waals surface area contributed by atoms with Crippen molar-refractivity contribution < 1.29 is 9.47 Å². The van der Waals surface area contributed by atoms with Crippen molar-refractivity contribution in [2.24, 2.45) is 5.73 Å². The first-order valence-corrected chi connectivity index (χ1v) is 8.12. The second-order valence-electron chi connectivity index (χ2n) is 4.26. The molecule has 5 heteroatoms. The van der Waals surface area contributed by atoms with E-state index in [1.807, 2.05) is 54.8 Å². The lowest BCUT2D eigenvalue weighted by Gasteiger charge is -2.09. The lowest BCUT2D eigenvalue weighted by atomic mass is 10.2. The van der Waals surface area contributed by atoms with Gasteiger partial charge >= 0.3 is 0 Å². The Labute approximate surface area is 134 Å². The SMILES string of the molecule is CSc1ccc(OCCOc2cccc(C(N)=S)c2)cc1. The molecule has 0 fully saturated rings. The van der Waals surface area contributed by atoms with Crippen molar-refractivity contribution in [2.45, 2.75) is 4.90 Å². The van der Waals surface area contributed by atoms with Crippen molar-refractivity contribution in [3.05, 3.63) is 54.1 Å². The van der Waals surface area contributed by atoms with Crippen LogP contribution < -0.4 is 15.2 Å². The van der Waals surface area contributed by atoms with E-state index in [0.29, 0.717) is 18.2 Å². The Balaban J connectivity index is 1.78. The van der Waals surface area contributed by atoms with Gasteiger partial charge in [0.25, 0.3) is 0 Å². The molecule has 2 aromatic rings. The number of hydrogen-bond donors (Lipinski definition) is 1. The van der Waals surface area contributed by atoms with E-state index < -0.39 is 0 Å². The predicted molar refractivity (Wildman–Crippen MR) is 91.5 cm³/mol. The zero-order chi connectivity index (χ0) is 15.1. The van der Waals surface area contributed by atoms with Crippen LogP contribution in [0.5, 0.6) is 11.5 Å². The molecule has 0 aromatic heterocycles. The predicted octanol–water partition coefficient (Wildman–Crippen LogP) is 3.50. The Bertz CT molecular complexity index is 599. The summed E-state index contributed by atoms with van der Waals surface area (Å²) in [5.41, 5.74) is 6.39. The van der Waals surface area contributed by atoms with Crippen LogP contribution in [0.4, 0.5) is 0 Å².